The number of nitrogens with zero attached hydrogens (tertiary/aromatic N) is 3. The number of methoxy groups -OCH3 is 1. The number of aryl methyl sites for hydroxylation is 2. The van der Waals surface area contributed by atoms with E-state index in [1.807, 2.05) is 32.0 Å². The van der Waals surface area contributed by atoms with Gasteiger partial charge in [0.15, 0.2) is 5.65 Å². The Labute approximate surface area is 173 Å². The van der Waals surface area contributed by atoms with Crippen molar-refractivity contribution < 1.29 is 13.9 Å². The minimum absolute atomic E-state index is 0.258. The summed E-state index contributed by atoms with van der Waals surface area (Å²) in [6.07, 6.45) is 0. The number of carbonyl (C=O) groups excluding carboxylic acids is 1. The third-order valence-corrected chi connectivity index (χ3v) is 4.87. The van der Waals surface area contributed by atoms with Crippen LogP contribution in [0.3, 0.4) is 0 Å². The highest BCUT2D eigenvalue weighted by molar-refractivity contribution is 5.90. The third kappa shape index (κ3) is 3.74. The first-order valence-electron chi connectivity index (χ1n) is 9.50. The van der Waals surface area contributed by atoms with Crippen molar-refractivity contribution in [2.75, 3.05) is 12.4 Å². The van der Waals surface area contributed by atoms with E-state index in [0.717, 1.165) is 39.5 Å². The highest BCUT2D eigenvalue weighted by Crippen LogP contribution is 2.29. The molecule has 2 aromatic carbocycles. The largest absolute Gasteiger partial charge is 0.465 e. The Hall–Kier alpha value is -3.74. The van der Waals surface area contributed by atoms with Gasteiger partial charge in [0.1, 0.15) is 11.6 Å². The SMILES string of the molecule is COC(=O)c1ccc(-c2c(C)nn3c(NCc4ccc(F)cc4)cc(C)nc23)cc1. The molecule has 0 atom stereocenters. The summed E-state index contributed by atoms with van der Waals surface area (Å²) in [5.41, 5.74) is 5.65. The van der Waals surface area contributed by atoms with Crippen LogP contribution in [0.25, 0.3) is 16.8 Å². The summed E-state index contributed by atoms with van der Waals surface area (Å²) in [4.78, 5) is 16.4. The topological polar surface area (TPSA) is 68.5 Å². The Kier molecular flexibility index (Phi) is 5.18. The number of nitrogens with one attached hydrogen (secondary N) is 1. The molecule has 0 spiro atoms. The molecule has 2 heterocycles. The first-order valence-corrected chi connectivity index (χ1v) is 9.50. The fourth-order valence-corrected chi connectivity index (χ4v) is 3.39. The zero-order chi connectivity index (χ0) is 21.3. The molecule has 0 unspecified atom stereocenters. The van der Waals surface area contributed by atoms with Crippen molar-refractivity contribution in [3.05, 3.63) is 82.9 Å². The Bertz CT molecular complexity index is 1210. The molecule has 30 heavy (non-hydrogen) atoms. The van der Waals surface area contributed by atoms with Gasteiger partial charge in [-0.2, -0.15) is 9.61 Å². The minimum Gasteiger partial charge on any atom is -0.465 e. The second kappa shape index (κ2) is 7.94. The van der Waals surface area contributed by atoms with E-state index in [4.69, 9.17) is 9.72 Å². The predicted octanol–water partition coefficient (Wildman–Crippen LogP) is 4.55. The molecule has 4 rings (SSSR count). The minimum atomic E-state index is -0.376. The molecule has 0 radical (unpaired) electrons. The third-order valence-electron chi connectivity index (χ3n) is 4.87. The molecule has 0 saturated carbocycles. The normalized spacial score (nSPS) is 10.9. The number of hydrogen-bond donors (Lipinski definition) is 1. The van der Waals surface area contributed by atoms with Crippen LogP contribution < -0.4 is 5.32 Å². The molecule has 0 aliphatic heterocycles. The Morgan fingerprint density at radius 2 is 1.80 bits per heavy atom. The van der Waals surface area contributed by atoms with Crippen LogP contribution in [0.5, 0.6) is 0 Å². The number of hydrogen-bond acceptors (Lipinski definition) is 5. The van der Waals surface area contributed by atoms with Crippen molar-refractivity contribution in [3.8, 4) is 11.1 Å². The van der Waals surface area contributed by atoms with Gasteiger partial charge >= 0.3 is 5.97 Å². The van der Waals surface area contributed by atoms with Crippen LogP contribution in [0.1, 0.15) is 27.3 Å². The fourth-order valence-electron chi connectivity index (χ4n) is 3.39. The Balaban J connectivity index is 1.71. The number of aromatic nitrogens is 3. The molecule has 2 aromatic heterocycles. The van der Waals surface area contributed by atoms with E-state index in [2.05, 4.69) is 10.4 Å². The molecular formula is C23H21FN4O2. The maximum Gasteiger partial charge on any atom is 0.337 e. The second-order valence-corrected chi connectivity index (χ2v) is 7.03. The molecule has 1 N–H and O–H groups in total. The maximum atomic E-state index is 13.1. The van der Waals surface area contributed by atoms with Crippen molar-refractivity contribution in [1.29, 1.82) is 0 Å². The molecule has 0 aliphatic rings. The lowest BCUT2D eigenvalue weighted by atomic mass is 10.0. The molecule has 152 valence electrons. The lowest BCUT2D eigenvalue weighted by Gasteiger charge is -2.10. The lowest BCUT2D eigenvalue weighted by molar-refractivity contribution is 0.0601. The highest BCUT2D eigenvalue weighted by atomic mass is 19.1. The lowest BCUT2D eigenvalue weighted by Crippen LogP contribution is -2.07. The van der Waals surface area contributed by atoms with Gasteiger partial charge in [-0.1, -0.05) is 24.3 Å². The fraction of sp³-hybridized carbons (Fsp3) is 0.174. The van der Waals surface area contributed by atoms with E-state index in [1.54, 1.807) is 28.8 Å². The Morgan fingerprint density at radius 3 is 2.47 bits per heavy atom. The van der Waals surface area contributed by atoms with Gasteiger partial charge in [0.25, 0.3) is 0 Å². The number of anilines is 1. The average Bonchev–Trinajstić information content (AvgIpc) is 3.08. The molecule has 0 fully saturated rings. The number of esters is 1. The van der Waals surface area contributed by atoms with Gasteiger partial charge in [-0.25, -0.2) is 14.2 Å². The van der Waals surface area contributed by atoms with Crippen LogP contribution in [0.2, 0.25) is 0 Å². The summed E-state index contributed by atoms with van der Waals surface area (Å²) in [7, 11) is 1.36. The maximum absolute atomic E-state index is 13.1. The number of carbonyl (C=O) groups is 1. The standard InChI is InChI=1S/C23H21FN4O2/c1-14-12-20(25-13-16-4-10-19(24)11-5-16)28-22(26-14)21(15(2)27-28)17-6-8-18(9-7-17)23(29)30-3/h4-12,25H,13H2,1-3H3. The number of ether oxygens (including phenoxy) is 1. The molecule has 4 aromatic rings. The van der Waals surface area contributed by atoms with E-state index >= 15 is 0 Å². The van der Waals surface area contributed by atoms with Crippen molar-refractivity contribution in [1.82, 2.24) is 14.6 Å². The van der Waals surface area contributed by atoms with Crippen LogP contribution in [0, 0.1) is 19.7 Å². The highest BCUT2D eigenvalue weighted by Gasteiger charge is 2.17. The second-order valence-electron chi connectivity index (χ2n) is 7.03. The summed E-state index contributed by atoms with van der Waals surface area (Å²) >= 11 is 0. The van der Waals surface area contributed by atoms with E-state index in [9.17, 15) is 9.18 Å². The zero-order valence-corrected chi connectivity index (χ0v) is 16.9. The van der Waals surface area contributed by atoms with Gasteiger partial charge < -0.3 is 10.1 Å². The van der Waals surface area contributed by atoms with Crippen LogP contribution in [-0.2, 0) is 11.3 Å². The molecule has 0 aliphatic carbocycles. The van der Waals surface area contributed by atoms with Gasteiger partial charge in [-0.3, -0.25) is 0 Å². The number of halogens is 1. The molecule has 0 amide bonds. The quantitative estimate of drug-likeness (QED) is 0.494. The number of fused-ring (bicyclic) bond motifs is 1. The van der Waals surface area contributed by atoms with Crippen LogP contribution in [-0.4, -0.2) is 27.7 Å². The summed E-state index contributed by atoms with van der Waals surface area (Å²) < 4.78 is 19.7. The Morgan fingerprint density at radius 1 is 1.10 bits per heavy atom. The van der Waals surface area contributed by atoms with Gasteiger partial charge in [0.05, 0.1) is 18.4 Å². The van der Waals surface area contributed by atoms with Gasteiger partial charge in [0, 0.05) is 23.9 Å². The first-order chi connectivity index (χ1) is 14.5. The van der Waals surface area contributed by atoms with E-state index in [-0.39, 0.29) is 11.8 Å². The van der Waals surface area contributed by atoms with E-state index in [0.29, 0.717) is 12.1 Å². The molecule has 7 heteroatoms. The first kappa shape index (κ1) is 19.6. The number of benzene rings is 2. The van der Waals surface area contributed by atoms with Crippen LogP contribution in [0.15, 0.2) is 54.6 Å². The van der Waals surface area contributed by atoms with E-state index in [1.165, 1.54) is 19.2 Å². The zero-order valence-electron chi connectivity index (χ0n) is 16.9. The summed E-state index contributed by atoms with van der Waals surface area (Å²) in [6, 6.07) is 15.5. The smallest absolute Gasteiger partial charge is 0.337 e. The van der Waals surface area contributed by atoms with Crippen molar-refractivity contribution in [3.63, 3.8) is 0 Å². The van der Waals surface area contributed by atoms with Gasteiger partial charge in [0.2, 0.25) is 0 Å². The summed E-state index contributed by atoms with van der Waals surface area (Å²) in [6.45, 7) is 4.38. The molecular weight excluding hydrogens is 383 g/mol. The molecule has 0 bridgehead atoms. The summed E-state index contributed by atoms with van der Waals surface area (Å²) in [5, 5.41) is 8.04. The van der Waals surface area contributed by atoms with Crippen LogP contribution >= 0.6 is 0 Å². The van der Waals surface area contributed by atoms with Gasteiger partial charge in [-0.05, 0) is 49.2 Å². The molecule has 0 saturated heterocycles. The van der Waals surface area contributed by atoms with E-state index < -0.39 is 0 Å². The number of rotatable bonds is 5. The molecule has 6 nitrogen and oxygen atoms in total. The van der Waals surface area contributed by atoms with Crippen LogP contribution in [0.4, 0.5) is 10.2 Å². The monoisotopic (exact) mass is 404 g/mol. The van der Waals surface area contributed by atoms with Gasteiger partial charge in [-0.15, -0.1) is 0 Å². The summed E-state index contributed by atoms with van der Waals surface area (Å²) in [5.74, 6) is 0.160. The van der Waals surface area contributed by atoms with Crippen molar-refractivity contribution in [2.45, 2.75) is 20.4 Å². The van der Waals surface area contributed by atoms with Crippen molar-refractivity contribution in [2.24, 2.45) is 0 Å². The predicted molar refractivity (Wildman–Crippen MR) is 113 cm³/mol. The van der Waals surface area contributed by atoms with Crippen molar-refractivity contribution >= 4 is 17.4 Å². The average molecular weight is 404 g/mol.